The van der Waals surface area contributed by atoms with Crippen LogP contribution in [0.15, 0.2) is 24.5 Å². The molecule has 1 aromatic rings. The van der Waals surface area contributed by atoms with Gasteiger partial charge in [0.2, 0.25) is 5.91 Å². The van der Waals surface area contributed by atoms with Gasteiger partial charge in [0.15, 0.2) is 0 Å². The normalized spacial score (nSPS) is 21.6. The van der Waals surface area contributed by atoms with Gasteiger partial charge in [-0.2, -0.15) is 0 Å². The van der Waals surface area contributed by atoms with E-state index in [-0.39, 0.29) is 11.9 Å². The molecule has 0 spiro atoms. The van der Waals surface area contributed by atoms with Crippen molar-refractivity contribution in [2.24, 2.45) is 0 Å². The van der Waals surface area contributed by atoms with Crippen LogP contribution < -0.4 is 5.32 Å². The van der Waals surface area contributed by atoms with Crippen LogP contribution in [0.5, 0.6) is 0 Å². The molecule has 1 aromatic heterocycles. The van der Waals surface area contributed by atoms with E-state index >= 15 is 0 Å². The van der Waals surface area contributed by atoms with Gasteiger partial charge in [0, 0.05) is 39.1 Å². The van der Waals surface area contributed by atoms with Crippen molar-refractivity contribution in [3.05, 3.63) is 30.1 Å². The lowest BCUT2D eigenvalue weighted by molar-refractivity contribution is -0.145. The van der Waals surface area contributed by atoms with E-state index in [4.69, 9.17) is 0 Å². The molecule has 0 saturated carbocycles. The van der Waals surface area contributed by atoms with E-state index in [2.05, 4.69) is 10.3 Å². The van der Waals surface area contributed by atoms with Crippen molar-refractivity contribution in [1.82, 2.24) is 25.0 Å². The maximum absolute atomic E-state index is 12.6. The number of carbonyl (C=O) groups is 4. The summed E-state index contributed by atoms with van der Waals surface area (Å²) >= 11 is 0. The molecule has 0 aromatic carbocycles. The molecular weight excluding hydrogens is 314 g/mol. The Morgan fingerprint density at radius 1 is 1.33 bits per heavy atom. The summed E-state index contributed by atoms with van der Waals surface area (Å²) in [6.07, 6.45) is 3.33. The second kappa shape index (κ2) is 6.36. The van der Waals surface area contributed by atoms with Crippen LogP contribution in [0.2, 0.25) is 0 Å². The highest BCUT2D eigenvalue weighted by atomic mass is 16.2. The SMILES string of the molecule is CN1C(=O)C(=O)N(CC(=O)N2CCNCC2c2cccnc2)C1=O. The fourth-order valence-electron chi connectivity index (χ4n) is 2.85. The first-order valence-corrected chi connectivity index (χ1v) is 7.54. The molecule has 2 aliphatic rings. The van der Waals surface area contributed by atoms with Crippen LogP contribution in [0.3, 0.4) is 0 Å². The first kappa shape index (κ1) is 16.1. The molecule has 0 radical (unpaired) electrons. The molecule has 9 nitrogen and oxygen atoms in total. The Hall–Kier alpha value is -2.81. The summed E-state index contributed by atoms with van der Waals surface area (Å²) in [6.45, 7) is 1.17. The van der Waals surface area contributed by atoms with E-state index in [1.807, 2.05) is 6.07 Å². The summed E-state index contributed by atoms with van der Waals surface area (Å²) in [6, 6.07) is 2.65. The van der Waals surface area contributed by atoms with Crippen LogP contribution in [0.25, 0.3) is 0 Å². The Kier molecular flexibility index (Phi) is 4.26. The highest BCUT2D eigenvalue weighted by Crippen LogP contribution is 2.22. The van der Waals surface area contributed by atoms with E-state index in [0.29, 0.717) is 29.4 Å². The number of rotatable bonds is 3. The predicted octanol–water partition coefficient (Wildman–Crippen LogP) is -1.02. The maximum Gasteiger partial charge on any atom is 0.334 e. The number of urea groups is 1. The number of piperazine rings is 1. The number of hydrogen-bond donors (Lipinski definition) is 1. The van der Waals surface area contributed by atoms with Crippen LogP contribution in [-0.2, 0) is 14.4 Å². The molecule has 2 aliphatic heterocycles. The minimum absolute atomic E-state index is 0.235. The van der Waals surface area contributed by atoms with E-state index < -0.39 is 24.4 Å². The van der Waals surface area contributed by atoms with Crippen LogP contribution in [0.4, 0.5) is 4.79 Å². The van der Waals surface area contributed by atoms with Gasteiger partial charge in [0.05, 0.1) is 6.04 Å². The monoisotopic (exact) mass is 331 g/mol. The van der Waals surface area contributed by atoms with Gasteiger partial charge in [-0.25, -0.2) is 9.69 Å². The third kappa shape index (κ3) is 2.73. The molecule has 0 aliphatic carbocycles. The second-order valence-corrected chi connectivity index (χ2v) is 5.63. The number of nitrogens with zero attached hydrogens (tertiary/aromatic N) is 4. The Morgan fingerprint density at radius 3 is 2.75 bits per heavy atom. The molecule has 3 heterocycles. The van der Waals surface area contributed by atoms with Crippen molar-refractivity contribution in [3.63, 3.8) is 0 Å². The zero-order valence-electron chi connectivity index (χ0n) is 13.1. The summed E-state index contributed by atoms with van der Waals surface area (Å²) in [5, 5.41) is 3.21. The molecule has 9 heteroatoms. The summed E-state index contributed by atoms with van der Waals surface area (Å²) in [4.78, 5) is 55.0. The van der Waals surface area contributed by atoms with E-state index in [1.54, 1.807) is 23.4 Å². The molecule has 1 atom stereocenters. The lowest BCUT2D eigenvalue weighted by Gasteiger charge is -2.37. The van der Waals surface area contributed by atoms with Crippen molar-refractivity contribution in [3.8, 4) is 0 Å². The van der Waals surface area contributed by atoms with Gasteiger partial charge >= 0.3 is 17.8 Å². The van der Waals surface area contributed by atoms with Crippen LogP contribution in [-0.4, -0.2) is 76.7 Å². The first-order valence-electron chi connectivity index (χ1n) is 7.54. The van der Waals surface area contributed by atoms with Crippen LogP contribution >= 0.6 is 0 Å². The molecule has 2 fully saturated rings. The van der Waals surface area contributed by atoms with Crippen molar-refractivity contribution in [2.75, 3.05) is 33.2 Å². The average Bonchev–Trinajstić information content (AvgIpc) is 2.80. The van der Waals surface area contributed by atoms with E-state index in [9.17, 15) is 19.2 Å². The second-order valence-electron chi connectivity index (χ2n) is 5.63. The highest BCUT2D eigenvalue weighted by molar-refractivity contribution is 6.44. The van der Waals surface area contributed by atoms with Crippen molar-refractivity contribution >= 4 is 23.8 Å². The van der Waals surface area contributed by atoms with Crippen molar-refractivity contribution < 1.29 is 19.2 Å². The zero-order valence-corrected chi connectivity index (χ0v) is 13.1. The largest absolute Gasteiger partial charge is 0.334 e. The van der Waals surface area contributed by atoms with E-state index in [0.717, 1.165) is 5.56 Å². The van der Waals surface area contributed by atoms with Crippen molar-refractivity contribution in [2.45, 2.75) is 6.04 Å². The zero-order chi connectivity index (χ0) is 17.3. The van der Waals surface area contributed by atoms with Gasteiger partial charge in [-0.3, -0.25) is 24.3 Å². The smallest absolute Gasteiger partial charge is 0.331 e. The minimum Gasteiger partial charge on any atom is -0.331 e. The maximum atomic E-state index is 12.6. The molecule has 2 saturated heterocycles. The predicted molar refractivity (Wildman–Crippen MR) is 81.4 cm³/mol. The number of pyridine rings is 1. The van der Waals surface area contributed by atoms with Gasteiger partial charge in [-0.05, 0) is 11.6 Å². The molecule has 24 heavy (non-hydrogen) atoms. The third-order valence-corrected chi connectivity index (χ3v) is 4.18. The Balaban J connectivity index is 1.77. The molecule has 1 N–H and O–H groups in total. The topological polar surface area (TPSA) is 103 Å². The minimum atomic E-state index is -0.969. The molecule has 126 valence electrons. The number of amides is 5. The molecule has 5 amide bonds. The average molecular weight is 331 g/mol. The molecule has 1 unspecified atom stereocenters. The van der Waals surface area contributed by atoms with Gasteiger partial charge in [0.1, 0.15) is 6.54 Å². The Morgan fingerprint density at radius 2 is 2.12 bits per heavy atom. The quantitative estimate of drug-likeness (QED) is 0.561. The van der Waals surface area contributed by atoms with Gasteiger partial charge in [0.25, 0.3) is 0 Å². The molecular formula is C15H17N5O4. The van der Waals surface area contributed by atoms with Gasteiger partial charge < -0.3 is 10.2 Å². The number of carbonyl (C=O) groups excluding carboxylic acids is 4. The summed E-state index contributed by atoms with van der Waals surface area (Å²) in [5.74, 6) is -2.27. The fraction of sp³-hybridized carbons (Fsp3) is 0.400. The number of hydrogen-bond acceptors (Lipinski definition) is 6. The molecule has 3 rings (SSSR count). The Bertz CT molecular complexity index is 692. The first-order chi connectivity index (χ1) is 11.5. The number of likely N-dealkylation sites (N-methyl/N-ethyl adjacent to an activating group) is 1. The number of aromatic nitrogens is 1. The lowest BCUT2D eigenvalue weighted by atomic mass is 10.1. The van der Waals surface area contributed by atoms with Gasteiger partial charge in [-0.15, -0.1) is 0 Å². The van der Waals surface area contributed by atoms with Crippen LogP contribution in [0.1, 0.15) is 11.6 Å². The summed E-state index contributed by atoms with van der Waals surface area (Å²) < 4.78 is 0. The lowest BCUT2D eigenvalue weighted by Crippen LogP contribution is -2.52. The summed E-state index contributed by atoms with van der Waals surface area (Å²) in [5.41, 5.74) is 0.866. The third-order valence-electron chi connectivity index (χ3n) is 4.18. The van der Waals surface area contributed by atoms with Crippen molar-refractivity contribution in [1.29, 1.82) is 0 Å². The Labute approximate surface area is 138 Å². The number of imide groups is 2. The van der Waals surface area contributed by atoms with E-state index in [1.165, 1.54) is 7.05 Å². The summed E-state index contributed by atoms with van der Waals surface area (Å²) in [7, 11) is 1.22. The van der Waals surface area contributed by atoms with Crippen LogP contribution in [0, 0.1) is 0 Å². The highest BCUT2D eigenvalue weighted by Gasteiger charge is 2.44. The molecule has 0 bridgehead atoms. The van der Waals surface area contributed by atoms with Gasteiger partial charge in [-0.1, -0.05) is 6.07 Å². The fourth-order valence-corrected chi connectivity index (χ4v) is 2.85. The number of nitrogens with one attached hydrogen (secondary N) is 1. The standard InChI is InChI=1S/C15H17N5O4/c1-18-13(22)14(23)20(15(18)24)9-12(21)19-6-5-17-8-11(19)10-3-2-4-16-7-10/h2-4,7,11,17H,5-6,8-9H2,1H3.